The molecule has 0 aromatic heterocycles. The molecule has 3 atom stereocenters. The molecule has 3 unspecified atom stereocenters. The van der Waals surface area contributed by atoms with Crippen LogP contribution in [0.4, 0.5) is 0 Å². The fourth-order valence-electron chi connectivity index (χ4n) is 1.28. The maximum absolute atomic E-state index is 5.61. The van der Waals surface area contributed by atoms with Gasteiger partial charge in [-0.2, -0.15) is 0 Å². The molecule has 0 spiro atoms. The van der Waals surface area contributed by atoms with E-state index in [9.17, 15) is 0 Å². The predicted molar refractivity (Wildman–Crippen MR) is 66.5 cm³/mol. The summed E-state index contributed by atoms with van der Waals surface area (Å²) >= 11 is 0. The second-order valence-electron chi connectivity index (χ2n) is 4.33. The van der Waals surface area contributed by atoms with E-state index in [1.54, 1.807) is 0 Å². The monoisotopic (exact) mass is 231 g/mol. The molecule has 0 aromatic carbocycles. The van der Waals surface area contributed by atoms with Crippen LogP contribution in [0.5, 0.6) is 0 Å². The van der Waals surface area contributed by atoms with E-state index >= 15 is 0 Å². The maximum atomic E-state index is 5.61. The van der Waals surface area contributed by atoms with Crippen molar-refractivity contribution in [1.29, 1.82) is 0 Å². The lowest BCUT2D eigenvalue weighted by Crippen LogP contribution is -2.25. The van der Waals surface area contributed by atoms with Gasteiger partial charge in [-0.15, -0.1) is 0 Å². The summed E-state index contributed by atoms with van der Waals surface area (Å²) in [5.41, 5.74) is 0. The van der Waals surface area contributed by atoms with E-state index in [1.165, 1.54) is 6.42 Å². The van der Waals surface area contributed by atoms with Gasteiger partial charge in [0, 0.05) is 6.61 Å². The minimum Gasteiger partial charge on any atom is -0.379 e. The van der Waals surface area contributed by atoms with Crippen LogP contribution in [0.15, 0.2) is 0 Å². The van der Waals surface area contributed by atoms with Gasteiger partial charge < -0.3 is 14.2 Å². The molecule has 0 saturated heterocycles. The summed E-state index contributed by atoms with van der Waals surface area (Å²) in [5, 5.41) is 0. The average Bonchev–Trinajstić information content (AvgIpc) is 2.20. The minimum atomic E-state index is 0.00899. The van der Waals surface area contributed by atoms with Crippen molar-refractivity contribution in [3.63, 3.8) is 0 Å². The van der Waals surface area contributed by atoms with Gasteiger partial charge in [-0.25, -0.2) is 0 Å². The largest absolute Gasteiger partial charge is 0.379 e. The Kier molecular flexibility index (Phi) is 9.99. The van der Waals surface area contributed by atoms with E-state index in [0.717, 1.165) is 13.0 Å². The topological polar surface area (TPSA) is 27.7 Å². The molecule has 0 heterocycles. The Hall–Kier alpha value is -0.120. The van der Waals surface area contributed by atoms with E-state index in [4.69, 9.17) is 14.2 Å². The molecule has 0 aliphatic carbocycles. The van der Waals surface area contributed by atoms with Crippen molar-refractivity contribution in [3.8, 4) is 0 Å². The first-order valence-corrected chi connectivity index (χ1v) is 6.24. The first-order chi connectivity index (χ1) is 7.56. The minimum absolute atomic E-state index is 0.00899. The van der Waals surface area contributed by atoms with Crippen molar-refractivity contribution < 1.29 is 14.2 Å². The molecule has 1 radical (unpaired) electrons. The second-order valence-corrected chi connectivity index (χ2v) is 4.33. The zero-order valence-electron chi connectivity index (χ0n) is 11.2. The van der Waals surface area contributed by atoms with Crippen LogP contribution in [0, 0.1) is 6.92 Å². The fraction of sp³-hybridized carbons (Fsp3) is 0.923. The van der Waals surface area contributed by atoms with Gasteiger partial charge in [-0.3, -0.25) is 0 Å². The van der Waals surface area contributed by atoms with Gasteiger partial charge in [-0.05, 0) is 34.1 Å². The summed E-state index contributed by atoms with van der Waals surface area (Å²) in [4.78, 5) is 0. The molecule has 0 N–H and O–H groups in total. The van der Waals surface area contributed by atoms with Gasteiger partial charge in [0.25, 0.3) is 0 Å². The molecule has 3 heteroatoms. The molecular weight excluding hydrogens is 204 g/mol. The van der Waals surface area contributed by atoms with Crippen LogP contribution >= 0.6 is 0 Å². The summed E-state index contributed by atoms with van der Waals surface area (Å²) in [6.45, 7) is 13.9. The Labute approximate surface area is 100 Å². The SMILES string of the molecule is [CH2]C(C)OC(C)COC(C)COCCCC. The quantitative estimate of drug-likeness (QED) is 0.541. The van der Waals surface area contributed by atoms with E-state index in [2.05, 4.69) is 13.8 Å². The molecule has 16 heavy (non-hydrogen) atoms. The van der Waals surface area contributed by atoms with Crippen LogP contribution < -0.4 is 0 Å². The van der Waals surface area contributed by atoms with Crippen molar-refractivity contribution in [1.82, 2.24) is 0 Å². The van der Waals surface area contributed by atoms with Crippen molar-refractivity contribution in [3.05, 3.63) is 6.92 Å². The lowest BCUT2D eigenvalue weighted by Gasteiger charge is -2.19. The van der Waals surface area contributed by atoms with Crippen molar-refractivity contribution in [2.45, 2.75) is 58.8 Å². The van der Waals surface area contributed by atoms with Gasteiger partial charge >= 0.3 is 0 Å². The number of unbranched alkanes of at least 4 members (excludes halogenated alkanes) is 1. The third-order valence-electron chi connectivity index (χ3n) is 2.07. The second kappa shape index (κ2) is 10.1. The summed E-state index contributed by atoms with van der Waals surface area (Å²) in [6.07, 6.45) is 2.51. The molecular formula is C13H27O3. The highest BCUT2D eigenvalue weighted by Crippen LogP contribution is 2.01. The lowest BCUT2D eigenvalue weighted by atomic mass is 10.3. The van der Waals surface area contributed by atoms with Crippen LogP contribution in [0.3, 0.4) is 0 Å². The molecule has 0 aliphatic rings. The number of rotatable bonds is 10. The number of hydrogen-bond acceptors (Lipinski definition) is 3. The Morgan fingerprint density at radius 1 is 1.06 bits per heavy atom. The van der Waals surface area contributed by atoms with Gasteiger partial charge in [0.2, 0.25) is 0 Å². The standard InChI is InChI=1S/C13H27O3/c1-6-7-8-14-9-12(4)15-10-13(5)16-11(2)3/h11-13H,2,6-10H2,1,3-5H3. The smallest absolute Gasteiger partial charge is 0.0784 e. The van der Waals surface area contributed by atoms with Crippen LogP contribution in [-0.2, 0) is 14.2 Å². The molecule has 0 saturated carbocycles. The number of hydrogen-bond donors (Lipinski definition) is 0. The molecule has 97 valence electrons. The molecule has 3 nitrogen and oxygen atoms in total. The van der Waals surface area contributed by atoms with Crippen molar-refractivity contribution >= 4 is 0 Å². The van der Waals surface area contributed by atoms with E-state index < -0.39 is 0 Å². The third kappa shape index (κ3) is 10.4. The van der Waals surface area contributed by atoms with Gasteiger partial charge in [0.15, 0.2) is 0 Å². The molecule has 0 aliphatic heterocycles. The third-order valence-corrected chi connectivity index (χ3v) is 2.07. The molecule has 0 amide bonds. The fourth-order valence-corrected chi connectivity index (χ4v) is 1.28. The van der Waals surface area contributed by atoms with E-state index in [1.807, 2.05) is 20.8 Å². The Morgan fingerprint density at radius 3 is 2.31 bits per heavy atom. The molecule has 0 rings (SSSR count). The van der Waals surface area contributed by atoms with Crippen LogP contribution in [-0.4, -0.2) is 38.1 Å². The van der Waals surface area contributed by atoms with Gasteiger partial charge in [0.05, 0.1) is 31.5 Å². The summed E-state index contributed by atoms with van der Waals surface area (Å²) in [6, 6.07) is 0. The zero-order chi connectivity index (χ0) is 12.4. The van der Waals surface area contributed by atoms with E-state index in [-0.39, 0.29) is 18.3 Å². The van der Waals surface area contributed by atoms with Crippen LogP contribution in [0.2, 0.25) is 0 Å². The molecule has 0 fully saturated rings. The highest BCUT2D eigenvalue weighted by molar-refractivity contribution is 4.57. The van der Waals surface area contributed by atoms with E-state index in [0.29, 0.717) is 13.2 Å². The highest BCUT2D eigenvalue weighted by atomic mass is 16.6. The normalized spacial score (nSPS) is 15.4. The summed E-state index contributed by atoms with van der Waals surface area (Å²) in [7, 11) is 0. The van der Waals surface area contributed by atoms with Crippen molar-refractivity contribution in [2.24, 2.45) is 0 Å². The zero-order valence-corrected chi connectivity index (χ0v) is 11.2. The molecule has 0 aromatic rings. The first-order valence-electron chi connectivity index (χ1n) is 6.24. The lowest BCUT2D eigenvalue weighted by molar-refractivity contribution is -0.0669. The van der Waals surface area contributed by atoms with Crippen molar-refractivity contribution in [2.75, 3.05) is 19.8 Å². The number of ether oxygens (including phenoxy) is 3. The summed E-state index contributed by atoms with van der Waals surface area (Å²) in [5.74, 6) is 0. The van der Waals surface area contributed by atoms with Gasteiger partial charge in [-0.1, -0.05) is 13.3 Å². The van der Waals surface area contributed by atoms with Crippen LogP contribution in [0.1, 0.15) is 40.5 Å². The maximum Gasteiger partial charge on any atom is 0.0784 e. The Bertz CT molecular complexity index is 148. The van der Waals surface area contributed by atoms with Gasteiger partial charge in [0.1, 0.15) is 0 Å². The van der Waals surface area contributed by atoms with Crippen LogP contribution in [0.25, 0.3) is 0 Å². The average molecular weight is 231 g/mol. The Morgan fingerprint density at radius 2 is 1.75 bits per heavy atom. The Balaban J connectivity index is 3.38. The first kappa shape index (κ1) is 15.9. The summed E-state index contributed by atoms with van der Waals surface area (Å²) < 4.78 is 16.5. The predicted octanol–water partition coefficient (Wildman–Crippen LogP) is 2.84. The molecule has 0 bridgehead atoms. The highest BCUT2D eigenvalue weighted by Gasteiger charge is 2.08.